The van der Waals surface area contributed by atoms with Crippen molar-refractivity contribution in [1.82, 2.24) is 14.5 Å². The van der Waals surface area contributed by atoms with Gasteiger partial charge in [-0.2, -0.15) is 0 Å². The molecule has 0 aliphatic heterocycles. The zero-order valence-corrected chi connectivity index (χ0v) is 16.0. The molecule has 0 radical (unpaired) electrons. The van der Waals surface area contributed by atoms with Gasteiger partial charge in [-0.05, 0) is 50.1 Å². The Morgan fingerprint density at radius 2 is 2.00 bits per heavy atom. The van der Waals surface area contributed by atoms with Gasteiger partial charge in [-0.15, -0.1) is 11.3 Å². The van der Waals surface area contributed by atoms with Crippen molar-refractivity contribution >= 4 is 43.4 Å². The summed E-state index contributed by atoms with van der Waals surface area (Å²) >= 11 is 1.30. The molecule has 4 rings (SSSR count). The maximum absolute atomic E-state index is 12.9. The van der Waals surface area contributed by atoms with Gasteiger partial charge in [0.2, 0.25) is 5.91 Å². The molecule has 27 heavy (non-hydrogen) atoms. The molecule has 1 N–H and O–H groups in total. The molecule has 0 spiro atoms. The maximum atomic E-state index is 12.9. The third-order valence-corrected chi connectivity index (χ3v) is 5.93. The highest BCUT2D eigenvalue weighted by Gasteiger charge is 2.20. The van der Waals surface area contributed by atoms with Gasteiger partial charge in [-0.25, -0.2) is 9.97 Å². The van der Waals surface area contributed by atoms with E-state index in [-0.39, 0.29) is 11.5 Å². The summed E-state index contributed by atoms with van der Waals surface area (Å²) in [5.74, 6) is -0.258. The fourth-order valence-electron chi connectivity index (χ4n) is 3.01. The molecule has 4 aromatic rings. The standard InChI is InChI=1S/C20H18N4O2S/c1-11-6-4-8-15(12(11)2)23-18(25)13(3)24-10-22-16-14-7-5-9-21-19(14)27-17(16)20(24)26/h4-10,13H,1-3H3,(H,23,25)/t13-/m1/s1. The van der Waals surface area contributed by atoms with Crippen LogP contribution in [0.2, 0.25) is 0 Å². The molecule has 0 bridgehead atoms. The molecule has 0 aliphatic rings. The van der Waals surface area contributed by atoms with Crippen molar-refractivity contribution in [1.29, 1.82) is 0 Å². The monoisotopic (exact) mass is 378 g/mol. The number of carbonyl (C=O) groups excluding carboxylic acids is 1. The van der Waals surface area contributed by atoms with Crippen LogP contribution in [0.25, 0.3) is 20.4 Å². The molecule has 7 heteroatoms. The third kappa shape index (κ3) is 2.90. The molecule has 0 saturated carbocycles. The number of nitrogens with one attached hydrogen (secondary N) is 1. The first kappa shape index (κ1) is 17.4. The van der Waals surface area contributed by atoms with Crippen LogP contribution in [0, 0.1) is 13.8 Å². The van der Waals surface area contributed by atoms with E-state index in [0.717, 1.165) is 27.0 Å². The Labute approximate surface area is 159 Å². The van der Waals surface area contributed by atoms with Crippen LogP contribution in [0.4, 0.5) is 5.69 Å². The number of pyridine rings is 1. The highest BCUT2D eigenvalue weighted by molar-refractivity contribution is 7.25. The van der Waals surface area contributed by atoms with Gasteiger partial charge in [0, 0.05) is 17.3 Å². The minimum Gasteiger partial charge on any atom is -0.324 e. The van der Waals surface area contributed by atoms with Crippen molar-refractivity contribution in [2.45, 2.75) is 26.8 Å². The third-order valence-electron chi connectivity index (χ3n) is 4.84. The number of rotatable bonds is 3. The summed E-state index contributed by atoms with van der Waals surface area (Å²) in [7, 11) is 0. The number of fused-ring (bicyclic) bond motifs is 3. The summed E-state index contributed by atoms with van der Waals surface area (Å²) in [5.41, 5.74) is 3.26. The molecule has 0 aliphatic carbocycles. The molecule has 1 amide bonds. The van der Waals surface area contributed by atoms with Crippen LogP contribution in [-0.2, 0) is 4.79 Å². The lowest BCUT2D eigenvalue weighted by Crippen LogP contribution is -2.31. The first-order valence-electron chi connectivity index (χ1n) is 8.59. The predicted molar refractivity (Wildman–Crippen MR) is 108 cm³/mol. The first-order valence-corrected chi connectivity index (χ1v) is 9.40. The first-order chi connectivity index (χ1) is 13.0. The Morgan fingerprint density at radius 1 is 1.19 bits per heavy atom. The molecular weight excluding hydrogens is 360 g/mol. The Bertz CT molecular complexity index is 1240. The van der Waals surface area contributed by atoms with Crippen molar-refractivity contribution in [3.05, 3.63) is 64.3 Å². The molecule has 3 heterocycles. The number of carbonyl (C=O) groups is 1. The van der Waals surface area contributed by atoms with Gasteiger partial charge in [0.1, 0.15) is 15.6 Å². The fraction of sp³-hybridized carbons (Fsp3) is 0.200. The van der Waals surface area contributed by atoms with E-state index in [4.69, 9.17) is 0 Å². The fourth-order valence-corrected chi connectivity index (χ4v) is 4.04. The normalized spacial score (nSPS) is 12.4. The maximum Gasteiger partial charge on any atom is 0.272 e. The second-order valence-electron chi connectivity index (χ2n) is 6.51. The van der Waals surface area contributed by atoms with Crippen LogP contribution in [0.15, 0.2) is 47.7 Å². The average Bonchev–Trinajstić information content (AvgIpc) is 3.05. The minimum atomic E-state index is -0.688. The Hall–Kier alpha value is -3.06. The average molecular weight is 378 g/mol. The van der Waals surface area contributed by atoms with Gasteiger partial charge >= 0.3 is 0 Å². The van der Waals surface area contributed by atoms with Gasteiger partial charge in [-0.3, -0.25) is 14.2 Å². The van der Waals surface area contributed by atoms with E-state index in [1.165, 1.54) is 22.2 Å². The smallest absolute Gasteiger partial charge is 0.272 e. The summed E-state index contributed by atoms with van der Waals surface area (Å²) in [6, 6.07) is 8.78. The number of hydrogen-bond acceptors (Lipinski definition) is 5. The molecule has 3 aromatic heterocycles. The van der Waals surface area contributed by atoms with Crippen LogP contribution in [0.3, 0.4) is 0 Å². The van der Waals surface area contributed by atoms with Gasteiger partial charge in [0.05, 0.1) is 11.8 Å². The number of anilines is 1. The van der Waals surface area contributed by atoms with Crippen LogP contribution in [0.5, 0.6) is 0 Å². The number of hydrogen-bond donors (Lipinski definition) is 1. The number of amides is 1. The van der Waals surface area contributed by atoms with Gasteiger partial charge in [-0.1, -0.05) is 12.1 Å². The van der Waals surface area contributed by atoms with E-state index in [0.29, 0.717) is 10.2 Å². The van der Waals surface area contributed by atoms with Crippen molar-refractivity contribution < 1.29 is 4.79 Å². The van der Waals surface area contributed by atoms with Crippen LogP contribution < -0.4 is 10.9 Å². The summed E-state index contributed by atoms with van der Waals surface area (Å²) in [5, 5.41) is 3.77. The van der Waals surface area contributed by atoms with E-state index in [1.807, 2.05) is 44.2 Å². The molecule has 6 nitrogen and oxygen atoms in total. The topological polar surface area (TPSA) is 76.9 Å². The second kappa shape index (κ2) is 6.59. The van der Waals surface area contributed by atoms with Crippen molar-refractivity contribution in [3.8, 4) is 0 Å². The van der Waals surface area contributed by atoms with E-state index >= 15 is 0 Å². The lowest BCUT2D eigenvalue weighted by molar-refractivity contribution is -0.118. The van der Waals surface area contributed by atoms with Crippen molar-refractivity contribution in [3.63, 3.8) is 0 Å². The largest absolute Gasteiger partial charge is 0.324 e. The van der Waals surface area contributed by atoms with Crippen molar-refractivity contribution in [2.75, 3.05) is 5.32 Å². The van der Waals surface area contributed by atoms with Crippen LogP contribution in [0.1, 0.15) is 24.1 Å². The molecule has 1 atom stereocenters. The Kier molecular flexibility index (Phi) is 4.24. The SMILES string of the molecule is Cc1cccc(NC(=O)[C@@H](C)n2cnc3c(sc4ncccc43)c2=O)c1C. The lowest BCUT2D eigenvalue weighted by atomic mass is 10.1. The Morgan fingerprint density at radius 3 is 2.81 bits per heavy atom. The zero-order valence-electron chi connectivity index (χ0n) is 15.2. The molecule has 136 valence electrons. The van der Waals surface area contributed by atoms with Crippen LogP contribution >= 0.6 is 11.3 Å². The number of nitrogens with zero attached hydrogens (tertiary/aromatic N) is 3. The van der Waals surface area contributed by atoms with E-state index in [9.17, 15) is 9.59 Å². The van der Waals surface area contributed by atoms with Gasteiger partial charge in [0.15, 0.2) is 0 Å². The molecule has 0 fully saturated rings. The second-order valence-corrected chi connectivity index (χ2v) is 7.50. The number of thiophene rings is 1. The highest BCUT2D eigenvalue weighted by Crippen LogP contribution is 2.28. The van der Waals surface area contributed by atoms with E-state index in [2.05, 4.69) is 15.3 Å². The molecule has 0 unspecified atom stereocenters. The summed E-state index contributed by atoms with van der Waals surface area (Å²) in [6.07, 6.45) is 3.13. The quantitative estimate of drug-likeness (QED) is 0.588. The molecule has 0 saturated heterocycles. The van der Waals surface area contributed by atoms with Crippen LogP contribution in [-0.4, -0.2) is 20.4 Å². The van der Waals surface area contributed by atoms with Gasteiger partial charge < -0.3 is 5.32 Å². The predicted octanol–water partition coefficient (Wildman–Crippen LogP) is 3.82. The summed E-state index contributed by atoms with van der Waals surface area (Å²) in [6.45, 7) is 5.65. The Balaban J connectivity index is 1.72. The number of aryl methyl sites for hydroxylation is 1. The summed E-state index contributed by atoms with van der Waals surface area (Å²) < 4.78 is 1.88. The molecule has 1 aromatic carbocycles. The van der Waals surface area contributed by atoms with E-state index in [1.54, 1.807) is 13.1 Å². The summed E-state index contributed by atoms with van der Waals surface area (Å²) in [4.78, 5) is 35.2. The van der Waals surface area contributed by atoms with Crippen molar-refractivity contribution in [2.24, 2.45) is 0 Å². The number of aromatic nitrogens is 3. The zero-order chi connectivity index (χ0) is 19.1. The number of benzene rings is 1. The minimum absolute atomic E-state index is 0.230. The lowest BCUT2D eigenvalue weighted by Gasteiger charge is -2.16. The van der Waals surface area contributed by atoms with Gasteiger partial charge in [0.25, 0.3) is 5.56 Å². The van der Waals surface area contributed by atoms with E-state index < -0.39 is 6.04 Å². The molecular formula is C20H18N4O2S. The highest BCUT2D eigenvalue weighted by atomic mass is 32.1.